The fourth-order valence-electron chi connectivity index (χ4n) is 1.37. The molecule has 0 aromatic carbocycles. The van der Waals surface area contributed by atoms with Crippen LogP contribution in [0.2, 0.25) is 0 Å². The number of alkyl halides is 1. The summed E-state index contributed by atoms with van der Waals surface area (Å²) < 4.78 is 0. The van der Waals surface area contributed by atoms with Crippen LogP contribution in [0.5, 0.6) is 0 Å². The molecule has 0 aliphatic heterocycles. The Labute approximate surface area is 97.3 Å². The number of rotatable bonds is 2. The highest BCUT2D eigenvalue weighted by Gasteiger charge is 2.04. The normalized spacial score (nSPS) is 10.4. The summed E-state index contributed by atoms with van der Waals surface area (Å²) >= 11 is 5.65. The van der Waals surface area contributed by atoms with Gasteiger partial charge in [0.1, 0.15) is 5.69 Å². The van der Waals surface area contributed by atoms with Crippen molar-refractivity contribution in [2.75, 3.05) is 0 Å². The molecule has 0 bridgehead atoms. The van der Waals surface area contributed by atoms with Gasteiger partial charge in [0.15, 0.2) is 5.82 Å². The van der Waals surface area contributed by atoms with Crippen molar-refractivity contribution in [3.8, 4) is 11.5 Å². The van der Waals surface area contributed by atoms with Crippen LogP contribution in [0.25, 0.3) is 11.5 Å². The fraction of sp³-hybridized carbons (Fsp3) is 0.182. The topological polar surface area (TPSA) is 58.6 Å². The Morgan fingerprint density at radius 3 is 2.88 bits per heavy atom. The number of aromatic amines is 1. The van der Waals surface area contributed by atoms with Crippen molar-refractivity contribution in [1.82, 2.24) is 15.0 Å². The number of nitrogens with one attached hydrogen (secondary N) is 1. The third-order valence-corrected chi connectivity index (χ3v) is 2.34. The molecule has 0 saturated carbocycles. The second kappa shape index (κ2) is 4.45. The van der Waals surface area contributed by atoms with Crippen LogP contribution >= 0.6 is 11.6 Å². The van der Waals surface area contributed by atoms with Crippen LogP contribution in [0.1, 0.15) is 11.4 Å². The Morgan fingerprint density at radius 1 is 1.38 bits per heavy atom. The van der Waals surface area contributed by atoms with Crippen LogP contribution in [-0.2, 0) is 5.88 Å². The minimum Gasteiger partial charge on any atom is -0.305 e. The van der Waals surface area contributed by atoms with Crippen LogP contribution in [0.3, 0.4) is 0 Å². The summed E-state index contributed by atoms with van der Waals surface area (Å²) in [6.45, 7) is 1.88. The van der Waals surface area contributed by atoms with Gasteiger partial charge < -0.3 is 4.98 Å². The molecule has 0 aliphatic carbocycles. The molecular formula is C11H10ClN3O. The average molecular weight is 236 g/mol. The fourth-order valence-corrected chi connectivity index (χ4v) is 1.51. The molecule has 0 atom stereocenters. The maximum Gasteiger partial charge on any atom is 0.251 e. The molecule has 0 radical (unpaired) electrons. The largest absolute Gasteiger partial charge is 0.305 e. The van der Waals surface area contributed by atoms with Gasteiger partial charge in [-0.2, -0.15) is 0 Å². The van der Waals surface area contributed by atoms with E-state index in [-0.39, 0.29) is 11.4 Å². The second-order valence-corrected chi connectivity index (χ2v) is 3.65. The van der Waals surface area contributed by atoms with Gasteiger partial charge in [-0.05, 0) is 19.1 Å². The van der Waals surface area contributed by atoms with Gasteiger partial charge in [-0.15, -0.1) is 11.6 Å². The highest BCUT2D eigenvalue weighted by molar-refractivity contribution is 6.16. The van der Waals surface area contributed by atoms with E-state index in [1.165, 1.54) is 6.07 Å². The first-order valence-electron chi connectivity index (χ1n) is 4.79. The minimum atomic E-state index is -0.219. The summed E-state index contributed by atoms with van der Waals surface area (Å²) in [5.74, 6) is 0.662. The molecule has 1 N–H and O–H groups in total. The summed E-state index contributed by atoms with van der Waals surface area (Å²) in [6.07, 6.45) is 0. The van der Waals surface area contributed by atoms with Crippen molar-refractivity contribution in [3.63, 3.8) is 0 Å². The number of aromatic nitrogens is 3. The molecule has 2 aromatic heterocycles. The zero-order valence-electron chi connectivity index (χ0n) is 8.70. The van der Waals surface area contributed by atoms with Crippen LogP contribution in [-0.4, -0.2) is 15.0 Å². The average Bonchev–Trinajstić information content (AvgIpc) is 2.28. The van der Waals surface area contributed by atoms with E-state index in [1.54, 1.807) is 6.07 Å². The molecule has 0 spiro atoms. The highest BCUT2D eigenvalue weighted by Crippen LogP contribution is 2.11. The first kappa shape index (κ1) is 10.8. The molecule has 2 heterocycles. The van der Waals surface area contributed by atoms with E-state index in [0.29, 0.717) is 17.2 Å². The van der Waals surface area contributed by atoms with Gasteiger partial charge in [-0.3, -0.25) is 4.79 Å². The molecule has 0 amide bonds. The molecule has 82 valence electrons. The summed E-state index contributed by atoms with van der Waals surface area (Å²) in [5, 5.41) is 0. The smallest absolute Gasteiger partial charge is 0.251 e. The number of nitrogens with zero attached hydrogens (tertiary/aromatic N) is 2. The van der Waals surface area contributed by atoms with Gasteiger partial charge in [-0.1, -0.05) is 6.07 Å². The van der Waals surface area contributed by atoms with Crippen molar-refractivity contribution in [2.24, 2.45) is 0 Å². The predicted octanol–water partition coefficient (Wildman–Crippen LogP) is 1.88. The summed E-state index contributed by atoms with van der Waals surface area (Å²) in [6, 6.07) is 6.92. The minimum absolute atomic E-state index is 0.211. The Kier molecular flexibility index (Phi) is 3.01. The van der Waals surface area contributed by atoms with Gasteiger partial charge in [0.05, 0.1) is 11.6 Å². The van der Waals surface area contributed by atoms with Gasteiger partial charge >= 0.3 is 0 Å². The van der Waals surface area contributed by atoms with E-state index in [1.807, 2.05) is 19.1 Å². The van der Waals surface area contributed by atoms with Gasteiger partial charge in [0.25, 0.3) is 5.56 Å². The molecule has 5 heteroatoms. The van der Waals surface area contributed by atoms with E-state index < -0.39 is 0 Å². The standard InChI is InChI=1S/C11H10ClN3O/c1-7-3-2-4-9(13-7)11-14-8(6-12)5-10(16)15-11/h2-5H,6H2,1H3,(H,14,15,16). The molecule has 16 heavy (non-hydrogen) atoms. The van der Waals surface area contributed by atoms with Crippen molar-refractivity contribution < 1.29 is 0 Å². The van der Waals surface area contributed by atoms with Gasteiger partial charge in [-0.25, -0.2) is 9.97 Å². The SMILES string of the molecule is Cc1cccc(-c2nc(CCl)cc(=O)[nH]2)n1. The van der Waals surface area contributed by atoms with Crippen LogP contribution < -0.4 is 5.56 Å². The highest BCUT2D eigenvalue weighted by atomic mass is 35.5. The number of halogens is 1. The lowest BCUT2D eigenvalue weighted by atomic mass is 10.3. The van der Waals surface area contributed by atoms with Crippen molar-refractivity contribution in [1.29, 1.82) is 0 Å². The predicted molar refractivity (Wildman–Crippen MR) is 62.4 cm³/mol. The summed E-state index contributed by atoms with van der Waals surface area (Å²) in [4.78, 5) is 22.5. The zero-order valence-corrected chi connectivity index (χ0v) is 9.45. The Bertz CT molecular complexity index is 565. The monoisotopic (exact) mass is 235 g/mol. The summed E-state index contributed by atoms with van der Waals surface area (Å²) in [7, 11) is 0. The van der Waals surface area contributed by atoms with Crippen molar-refractivity contribution in [3.05, 3.63) is 46.0 Å². The van der Waals surface area contributed by atoms with E-state index in [0.717, 1.165) is 5.69 Å². The van der Waals surface area contributed by atoms with E-state index >= 15 is 0 Å². The lowest BCUT2D eigenvalue weighted by molar-refractivity contribution is 1.04. The lowest BCUT2D eigenvalue weighted by Crippen LogP contribution is -2.10. The van der Waals surface area contributed by atoms with E-state index in [4.69, 9.17) is 11.6 Å². The van der Waals surface area contributed by atoms with Crippen LogP contribution in [0.15, 0.2) is 29.1 Å². The molecular weight excluding hydrogens is 226 g/mol. The number of pyridine rings is 1. The Balaban J connectivity index is 2.55. The number of hydrogen-bond donors (Lipinski definition) is 1. The summed E-state index contributed by atoms with van der Waals surface area (Å²) in [5.41, 5.74) is 1.84. The second-order valence-electron chi connectivity index (χ2n) is 3.38. The molecule has 0 fully saturated rings. The van der Waals surface area contributed by atoms with Crippen LogP contribution in [0, 0.1) is 6.92 Å². The first-order chi connectivity index (χ1) is 7.69. The number of H-pyrrole nitrogens is 1. The Hall–Kier alpha value is -1.68. The quantitative estimate of drug-likeness (QED) is 0.809. The maximum absolute atomic E-state index is 11.3. The van der Waals surface area contributed by atoms with Gasteiger partial charge in [0, 0.05) is 11.8 Å². The Morgan fingerprint density at radius 2 is 2.19 bits per heavy atom. The molecule has 0 unspecified atom stereocenters. The third kappa shape index (κ3) is 2.28. The molecule has 0 aliphatic rings. The maximum atomic E-state index is 11.3. The van der Waals surface area contributed by atoms with Crippen molar-refractivity contribution >= 4 is 11.6 Å². The first-order valence-corrected chi connectivity index (χ1v) is 5.33. The molecule has 2 rings (SSSR count). The number of aryl methyl sites for hydroxylation is 1. The zero-order chi connectivity index (χ0) is 11.5. The van der Waals surface area contributed by atoms with Gasteiger partial charge in [0.2, 0.25) is 0 Å². The van der Waals surface area contributed by atoms with Crippen molar-refractivity contribution in [2.45, 2.75) is 12.8 Å². The van der Waals surface area contributed by atoms with Crippen LogP contribution in [0.4, 0.5) is 0 Å². The molecule has 0 saturated heterocycles. The third-order valence-electron chi connectivity index (χ3n) is 2.06. The van der Waals surface area contributed by atoms with E-state index in [9.17, 15) is 4.79 Å². The molecule has 2 aromatic rings. The number of hydrogen-bond acceptors (Lipinski definition) is 3. The van der Waals surface area contributed by atoms with E-state index in [2.05, 4.69) is 15.0 Å². The molecule has 4 nitrogen and oxygen atoms in total. The lowest BCUT2D eigenvalue weighted by Gasteiger charge is -2.02.